The number of carbonyl (C=O) groups is 1. The molecule has 1 aromatic rings. The molecule has 2 saturated carbocycles. The molecule has 3 atom stereocenters. The summed E-state index contributed by atoms with van der Waals surface area (Å²) in [6.07, 6.45) is 4.66. The van der Waals surface area contributed by atoms with Gasteiger partial charge in [0.25, 0.3) is 0 Å². The maximum absolute atomic E-state index is 12.9. The van der Waals surface area contributed by atoms with Gasteiger partial charge in [0, 0.05) is 20.1 Å². The normalized spacial score (nSPS) is 24.9. The Labute approximate surface area is 156 Å². The second-order valence-electron chi connectivity index (χ2n) is 7.94. The first-order valence-electron chi connectivity index (χ1n) is 9.25. The van der Waals surface area contributed by atoms with Crippen molar-refractivity contribution in [3.8, 4) is 0 Å². The van der Waals surface area contributed by atoms with Crippen molar-refractivity contribution < 1.29 is 13.2 Å². The standard InChI is InChI=1S/C19H29N3O3S/c1-13-5-6-14(2)18(9-13)22(26(24,25)21(3)4)12-19(23)20-17-11-15-7-8-16(17)10-15/h5-6,9,15-17H,7-8,10-12H2,1-4H3,(H,20,23)/t15-,16-,17-/m0/s1. The van der Waals surface area contributed by atoms with Gasteiger partial charge in [0.15, 0.2) is 0 Å². The molecule has 26 heavy (non-hydrogen) atoms. The number of carbonyl (C=O) groups excluding carboxylic acids is 1. The van der Waals surface area contributed by atoms with E-state index in [1.807, 2.05) is 32.0 Å². The number of nitrogens with one attached hydrogen (secondary N) is 1. The largest absolute Gasteiger partial charge is 0.352 e. The lowest BCUT2D eigenvalue weighted by atomic mass is 9.95. The number of anilines is 1. The summed E-state index contributed by atoms with van der Waals surface area (Å²) in [5, 5.41) is 3.09. The van der Waals surface area contributed by atoms with Crippen molar-refractivity contribution in [2.75, 3.05) is 24.9 Å². The minimum absolute atomic E-state index is 0.196. The maximum atomic E-state index is 12.9. The highest BCUT2D eigenvalue weighted by Crippen LogP contribution is 2.44. The first-order chi connectivity index (χ1) is 12.2. The van der Waals surface area contributed by atoms with Gasteiger partial charge in [-0.2, -0.15) is 12.7 Å². The topological polar surface area (TPSA) is 69.7 Å². The van der Waals surface area contributed by atoms with Gasteiger partial charge in [0.1, 0.15) is 6.54 Å². The van der Waals surface area contributed by atoms with Gasteiger partial charge in [-0.3, -0.25) is 4.79 Å². The Bertz CT molecular complexity index is 791. The van der Waals surface area contributed by atoms with Gasteiger partial charge in [-0.05, 0) is 62.1 Å². The predicted octanol–water partition coefficient (Wildman–Crippen LogP) is 2.22. The zero-order valence-corrected chi connectivity index (χ0v) is 16.8. The van der Waals surface area contributed by atoms with Gasteiger partial charge in [-0.25, -0.2) is 4.31 Å². The molecule has 0 aromatic heterocycles. The monoisotopic (exact) mass is 379 g/mol. The van der Waals surface area contributed by atoms with Crippen LogP contribution < -0.4 is 9.62 Å². The molecule has 0 aliphatic heterocycles. The predicted molar refractivity (Wildman–Crippen MR) is 103 cm³/mol. The average Bonchev–Trinajstić information content (AvgIpc) is 3.17. The fraction of sp³-hybridized carbons (Fsp3) is 0.632. The van der Waals surface area contributed by atoms with Gasteiger partial charge in [-0.1, -0.05) is 18.6 Å². The van der Waals surface area contributed by atoms with Gasteiger partial charge >= 0.3 is 10.2 Å². The molecule has 2 fully saturated rings. The lowest BCUT2D eigenvalue weighted by Crippen LogP contribution is -2.48. The molecule has 1 amide bonds. The molecule has 144 valence electrons. The summed E-state index contributed by atoms with van der Waals surface area (Å²) in [4.78, 5) is 12.7. The third-order valence-electron chi connectivity index (χ3n) is 5.74. The van der Waals surface area contributed by atoms with Crippen molar-refractivity contribution in [1.29, 1.82) is 0 Å². The maximum Gasteiger partial charge on any atom is 0.304 e. The van der Waals surface area contributed by atoms with Gasteiger partial charge in [0.2, 0.25) is 5.91 Å². The van der Waals surface area contributed by atoms with Crippen LogP contribution in [0.1, 0.15) is 36.8 Å². The molecule has 7 heteroatoms. The molecule has 0 saturated heterocycles. The molecule has 6 nitrogen and oxygen atoms in total. The van der Waals surface area contributed by atoms with Crippen LogP contribution in [0.3, 0.4) is 0 Å². The van der Waals surface area contributed by atoms with E-state index in [0.29, 0.717) is 11.6 Å². The summed E-state index contributed by atoms with van der Waals surface area (Å²) in [6, 6.07) is 5.84. The zero-order valence-electron chi connectivity index (χ0n) is 16.0. The van der Waals surface area contributed by atoms with Crippen LogP contribution in [-0.4, -0.2) is 45.3 Å². The van der Waals surface area contributed by atoms with Crippen molar-refractivity contribution >= 4 is 21.8 Å². The van der Waals surface area contributed by atoms with E-state index in [0.717, 1.165) is 27.8 Å². The summed E-state index contributed by atoms with van der Waals surface area (Å²) in [7, 11) is -0.790. The first-order valence-corrected chi connectivity index (χ1v) is 10.6. The second-order valence-corrected chi connectivity index (χ2v) is 10.0. The molecule has 1 N–H and O–H groups in total. The van der Waals surface area contributed by atoms with E-state index in [2.05, 4.69) is 5.32 Å². The quantitative estimate of drug-likeness (QED) is 0.824. The van der Waals surface area contributed by atoms with E-state index < -0.39 is 10.2 Å². The van der Waals surface area contributed by atoms with Crippen LogP contribution in [0.5, 0.6) is 0 Å². The van der Waals surface area contributed by atoms with E-state index in [1.165, 1.54) is 37.7 Å². The average molecular weight is 380 g/mol. The molecule has 2 aliphatic carbocycles. The van der Waals surface area contributed by atoms with Crippen molar-refractivity contribution in [2.45, 2.75) is 45.6 Å². The summed E-state index contributed by atoms with van der Waals surface area (Å²) in [6.45, 7) is 3.58. The molecule has 0 spiro atoms. The number of hydrogen-bond acceptors (Lipinski definition) is 3. The Morgan fingerprint density at radius 3 is 2.50 bits per heavy atom. The third kappa shape index (κ3) is 3.74. The molecule has 2 bridgehead atoms. The van der Waals surface area contributed by atoms with E-state index in [1.54, 1.807) is 0 Å². The molecule has 1 aromatic carbocycles. The Morgan fingerprint density at radius 2 is 1.92 bits per heavy atom. The Hall–Kier alpha value is -1.60. The number of rotatable bonds is 6. The lowest BCUT2D eigenvalue weighted by molar-refractivity contribution is -0.120. The number of aryl methyl sites for hydroxylation is 2. The Balaban J connectivity index is 1.82. The van der Waals surface area contributed by atoms with Gasteiger partial charge in [-0.15, -0.1) is 0 Å². The summed E-state index contributed by atoms with van der Waals surface area (Å²) < 4.78 is 28.1. The molecular formula is C19H29N3O3S. The molecule has 0 radical (unpaired) electrons. The highest BCUT2D eigenvalue weighted by atomic mass is 32.2. The Kier molecular flexibility index (Phi) is 5.30. The number of fused-ring (bicyclic) bond motifs is 2. The van der Waals surface area contributed by atoms with Crippen LogP contribution in [-0.2, 0) is 15.0 Å². The van der Waals surface area contributed by atoms with Crippen LogP contribution in [0.15, 0.2) is 18.2 Å². The van der Waals surface area contributed by atoms with Crippen LogP contribution in [0.25, 0.3) is 0 Å². The molecular weight excluding hydrogens is 350 g/mol. The van der Waals surface area contributed by atoms with E-state index in [-0.39, 0.29) is 18.5 Å². The number of benzene rings is 1. The molecule has 0 heterocycles. The minimum atomic E-state index is -3.76. The van der Waals surface area contributed by atoms with Crippen molar-refractivity contribution in [1.82, 2.24) is 9.62 Å². The summed E-state index contributed by atoms with van der Waals surface area (Å²) >= 11 is 0. The second kappa shape index (κ2) is 7.19. The summed E-state index contributed by atoms with van der Waals surface area (Å²) in [5.41, 5.74) is 2.34. The van der Waals surface area contributed by atoms with Crippen LogP contribution in [0, 0.1) is 25.7 Å². The third-order valence-corrected chi connectivity index (χ3v) is 7.55. The van der Waals surface area contributed by atoms with Gasteiger partial charge in [0.05, 0.1) is 5.69 Å². The highest BCUT2D eigenvalue weighted by Gasteiger charge is 2.40. The Morgan fingerprint density at radius 1 is 1.19 bits per heavy atom. The van der Waals surface area contributed by atoms with Gasteiger partial charge < -0.3 is 5.32 Å². The first kappa shape index (κ1) is 19.2. The smallest absolute Gasteiger partial charge is 0.304 e. The highest BCUT2D eigenvalue weighted by molar-refractivity contribution is 7.90. The van der Waals surface area contributed by atoms with E-state index in [4.69, 9.17) is 0 Å². The van der Waals surface area contributed by atoms with Crippen LogP contribution in [0.2, 0.25) is 0 Å². The van der Waals surface area contributed by atoms with Crippen molar-refractivity contribution in [2.24, 2.45) is 11.8 Å². The fourth-order valence-electron chi connectivity index (χ4n) is 4.28. The van der Waals surface area contributed by atoms with Crippen molar-refractivity contribution in [3.63, 3.8) is 0 Å². The van der Waals surface area contributed by atoms with E-state index >= 15 is 0 Å². The zero-order chi connectivity index (χ0) is 19.1. The minimum Gasteiger partial charge on any atom is -0.352 e. The molecule has 3 rings (SSSR count). The number of hydrogen-bond donors (Lipinski definition) is 1. The lowest BCUT2D eigenvalue weighted by Gasteiger charge is -2.30. The number of amides is 1. The van der Waals surface area contributed by atoms with E-state index in [9.17, 15) is 13.2 Å². The molecule has 2 aliphatic rings. The molecule has 0 unspecified atom stereocenters. The van der Waals surface area contributed by atoms with Crippen LogP contribution in [0.4, 0.5) is 5.69 Å². The van der Waals surface area contributed by atoms with Crippen molar-refractivity contribution in [3.05, 3.63) is 29.3 Å². The summed E-state index contributed by atoms with van der Waals surface area (Å²) in [5.74, 6) is 1.06. The van der Waals surface area contributed by atoms with Crippen LogP contribution >= 0.6 is 0 Å². The fourth-order valence-corrected chi connectivity index (χ4v) is 5.40. The SMILES string of the molecule is Cc1ccc(C)c(N(CC(=O)N[C@H]2C[C@H]3CC[C@H]2C3)S(=O)(=O)N(C)C)c1. The number of nitrogens with zero attached hydrogens (tertiary/aromatic N) is 2.